The molecule has 1 unspecified atom stereocenters. The van der Waals surface area contributed by atoms with Crippen LogP contribution in [0.2, 0.25) is 5.02 Å². The van der Waals surface area contributed by atoms with E-state index < -0.39 is 0 Å². The quantitative estimate of drug-likeness (QED) is 0.894. The van der Waals surface area contributed by atoms with E-state index in [1.165, 1.54) is 12.1 Å². The molecule has 1 atom stereocenters. The van der Waals surface area contributed by atoms with Crippen molar-refractivity contribution in [1.29, 1.82) is 0 Å². The summed E-state index contributed by atoms with van der Waals surface area (Å²) >= 11 is 7.32. The fourth-order valence-corrected chi connectivity index (χ4v) is 2.26. The number of aromatic nitrogens is 1. The smallest absolute Gasteiger partial charge is 0.126 e. The highest BCUT2D eigenvalue weighted by Crippen LogP contribution is 2.24. The van der Waals surface area contributed by atoms with E-state index >= 15 is 0 Å². The third-order valence-corrected chi connectivity index (χ3v) is 3.24. The summed E-state index contributed by atoms with van der Waals surface area (Å²) in [6.45, 7) is 1.97. The monoisotopic (exact) mass is 256 g/mol. The second-order valence-corrected chi connectivity index (χ2v) is 4.76. The summed E-state index contributed by atoms with van der Waals surface area (Å²) in [5.74, 6) is -0.346. The van der Waals surface area contributed by atoms with Crippen LogP contribution in [0.15, 0.2) is 29.8 Å². The number of halogens is 2. The summed E-state index contributed by atoms with van der Waals surface area (Å²) in [5.41, 5.74) is 0.660. The van der Waals surface area contributed by atoms with Crippen molar-refractivity contribution < 1.29 is 4.39 Å². The molecule has 0 radical (unpaired) electrons. The normalized spacial score (nSPS) is 12.4. The van der Waals surface area contributed by atoms with Crippen molar-refractivity contribution in [1.82, 2.24) is 4.98 Å². The molecule has 1 aromatic carbocycles. The highest BCUT2D eigenvalue weighted by molar-refractivity contribution is 7.09. The fraction of sp³-hybridized carbons (Fsp3) is 0.182. The summed E-state index contributed by atoms with van der Waals surface area (Å²) in [6, 6.07) is 4.42. The first-order valence-corrected chi connectivity index (χ1v) is 6.03. The Labute approximate surface area is 102 Å². The van der Waals surface area contributed by atoms with Crippen LogP contribution >= 0.6 is 22.9 Å². The van der Waals surface area contributed by atoms with E-state index in [0.29, 0.717) is 10.7 Å². The molecule has 0 fully saturated rings. The molecule has 84 valence electrons. The summed E-state index contributed by atoms with van der Waals surface area (Å²) in [6.07, 6.45) is 1.75. The largest absolute Gasteiger partial charge is 0.376 e. The molecule has 1 aromatic heterocycles. The van der Waals surface area contributed by atoms with Crippen molar-refractivity contribution in [2.75, 3.05) is 5.32 Å². The Morgan fingerprint density at radius 2 is 2.25 bits per heavy atom. The minimum Gasteiger partial charge on any atom is -0.376 e. The maximum atomic E-state index is 13.1. The van der Waals surface area contributed by atoms with Crippen molar-refractivity contribution in [3.63, 3.8) is 0 Å². The average molecular weight is 257 g/mol. The number of rotatable bonds is 3. The molecule has 1 N–H and O–H groups in total. The van der Waals surface area contributed by atoms with Crippen molar-refractivity contribution >= 4 is 28.6 Å². The first-order valence-electron chi connectivity index (χ1n) is 4.77. The van der Waals surface area contributed by atoms with Crippen LogP contribution in [0.25, 0.3) is 0 Å². The maximum Gasteiger partial charge on any atom is 0.126 e. The van der Waals surface area contributed by atoms with Crippen LogP contribution in [0.3, 0.4) is 0 Å². The predicted molar refractivity (Wildman–Crippen MR) is 65.6 cm³/mol. The molecule has 2 nitrogen and oxygen atoms in total. The van der Waals surface area contributed by atoms with E-state index in [9.17, 15) is 4.39 Å². The standard InChI is InChI=1S/C11H10ClFN2S/c1-7(11-14-2-3-16-11)15-10-5-8(12)4-9(13)6-10/h2-7,15H,1H3. The SMILES string of the molecule is CC(Nc1cc(F)cc(Cl)c1)c1nccs1. The van der Waals surface area contributed by atoms with Gasteiger partial charge in [-0.1, -0.05) is 11.6 Å². The molecule has 0 saturated heterocycles. The molecule has 5 heteroatoms. The van der Waals surface area contributed by atoms with Crippen LogP contribution in [-0.4, -0.2) is 4.98 Å². The zero-order valence-corrected chi connectivity index (χ0v) is 10.1. The highest BCUT2D eigenvalue weighted by Gasteiger charge is 2.08. The molecule has 0 spiro atoms. The van der Waals surface area contributed by atoms with E-state index in [4.69, 9.17) is 11.6 Å². The first kappa shape index (κ1) is 11.4. The van der Waals surface area contributed by atoms with Crippen LogP contribution in [0.4, 0.5) is 10.1 Å². The van der Waals surface area contributed by atoms with Gasteiger partial charge in [-0.05, 0) is 25.1 Å². The lowest BCUT2D eigenvalue weighted by molar-refractivity contribution is 0.628. The summed E-state index contributed by atoms with van der Waals surface area (Å²) in [4.78, 5) is 4.19. The molecule has 0 aliphatic rings. The first-order chi connectivity index (χ1) is 7.65. The Kier molecular flexibility index (Phi) is 3.41. The molecule has 1 heterocycles. The Morgan fingerprint density at radius 1 is 1.44 bits per heavy atom. The van der Waals surface area contributed by atoms with Gasteiger partial charge in [0.05, 0.1) is 6.04 Å². The number of nitrogens with one attached hydrogen (secondary N) is 1. The molecule has 16 heavy (non-hydrogen) atoms. The summed E-state index contributed by atoms with van der Waals surface area (Å²) in [5, 5.41) is 6.40. The van der Waals surface area contributed by atoms with Crippen molar-refractivity contribution in [3.8, 4) is 0 Å². The Bertz CT molecular complexity index is 453. The van der Waals surface area contributed by atoms with Crippen LogP contribution < -0.4 is 5.32 Å². The zero-order valence-electron chi connectivity index (χ0n) is 8.58. The molecule has 0 bridgehead atoms. The molecule has 0 saturated carbocycles. The molecule has 0 aliphatic heterocycles. The minimum atomic E-state index is -0.346. The Morgan fingerprint density at radius 3 is 2.88 bits per heavy atom. The average Bonchev–Trinajstić information content (AvgIpc) is 2.68. The second kappa shape index (κ2) is 4.80. The number of hydrogen-bond acceptors (Lipinski definition) is 3. The summed E-state index contributed by atoms with van der Waals surface area (Å²) < 4.78 is 13.1. The topological polar surface area (TPSA) is 24.9 Å². The van der Waals surface area contributed by atoms with Gasteiger partial charge in [0.25, 0.3) is 0 Å². The van der Waals surface area contributed by atoms with Gasteiger partial charge in [-0.25, -0.2) is 9.37 Å². The van der Waals surface area contributed by atoms with Crippen LogP contribution in [0.1, 0.15) is 18.0 Å². The van der Waals surface area contributed by atoms with Gasteiger partial charge in [0.15, 0.2) is 0 Å². The van der Waals surface area contributed by atoms with Gasteiger partial charge < -0.3 is 5.32 Å². The van der Waals surface area contributed by atoms with Crippen molar-refractivity contribution in [2.45, 2.75) is 13.0 Å². The number of hydrogen-bond donors (Lipinski definition) is 1. The van der Waals surface area contributed by atoms with Gasteiger partial charge in [0.1, 0.15) is 10.8 Å². The second-order valence-electron chi connectivity index (χ2n) is 3.39. The number of nitrogens with zero attached hydrogens (tertiary/aromatic N) is 1. The van der Waals surface area contributed by atoms with E-state index in [1.807, 2.05) is 12.3 Å². The van der Waals surface area contributed by atoms with Crippen LogP contribution in [0, 0.1) is 5.82 Å². The lowest BCUT2D eigenvalue weighted by atomic mass is 10.2. The van der Waals surface area contributed by atoms with E-state index in [1.54, 1.807) is 23.6 Å². The molecule has 0 amide bonds. The predicted octanol–water partition coefficient (Wildman–Crippen LogP) is 4.11. The van der Waals surface area contributed by atoms with Gasteiger partial charge in [0.2, 0.25) is 0 Å². The molecular weight excluding hydrogens is 247 g/mol. The van der Waals surface area contributed by atoms with Gasteiger partial charge in [0, 0.05) is 22.3 Å². The zero-order chi connectivity index (χ0) is 11.5. The lowest BCUT2D eigenvalue weighted by Gasteiger charge is -2.12. The minimum absolute atomic E-state index is 0.0397. The molecule has 2 rings (SSSR count). The third kappa shape index (κ3) is 2.71. The van der Waals surface area contributed by atoms with E-state index in [2.05, 4.69) is 10.3 Å². The number of thiazole rings is 1. The van der Waals surface area contributed by atoms with Crippen LogP contribution in [0.5, 0.6) is 0 Å². The van der Waals surface area contributed by atoms with Crippen molar-refractivity contribution in [3.05, 3.63) is 45.6 Å². The van der Waals surface area contributed by atoms with Crippen molar-refractivity contribution in [2.24, 2.45) is 0 Å². The molecular formula is C11H10ClFN2S. The number of anilines is 1. The van der Waals surface area contributed by atoms with Gasteiger partial charge >= 0.3 is 0 Å². The third-order valence-electron chi connectivity index (χ3n) is 2.07. The van der Waals surface area contributed by atoms with Gasteiger partial charge in [-0.2, -0.15) is 0 Å². The number of benzene rings is 1. The fourth-order valence-electron chi connectivity index (χ4n) is 1.40. The van der Waals surface area contributed by atoms with E-state index in [0.717, 1.165) is 5.01 Å². The van der Waals surface area contributed by atoms with Gasteiger partial charge in [-0.15, -0.1) is 11.3 Å². The van der Waals surface area contributed by atoms with E-state index in [-0.39, 0.29) is 11.9 Å². The van der Waals surface area contributed by atoms with Crippen LogP contribution in [-0.2, 0) is 0 Å². The van der Waals surface area contributed by atoms with Gasteiger partial charge in [-0.3, -0.25) is 0 Å². The highest BCUT2D eigenvalue weighted by atomic mass is 35.5. The lowest BCUT2D eigenvalue weighted by Crippen LogP contribution is -2.06. The maximum absolute atomic E-state index is 13.1. The molecule has 0 aliphatic carbocycles. The Hall–Kier alpha value is -1.13. The molecule has 2 aromatic rings. The Balaban J connectivity index is 2.15. The summed E-state index contributed by atoms with van der Waals surface area (Å²) in [7, 11) is 0.